The maximum atomic E-state index is 12.3. The lowest BCUT2D eigenvalue weighted by Crippen LogP contribution is -2.30. The first-order valence-corrected chi connectivity index (χ1v) is 7.09. The van der Waals surface area contributed by atoms with Gasteiger partial charge < -0.3 is 10.6 Å². The Kier molecular flexibility index (Phi) is 4.08. The molecule has 0 radical (unpaired) electrons. The largest absolute Gasteiger partial charge is 0.385 e. The molecule has 1 aliphatic rings. The summed E-state index contributed by atoms with van der Waals surface area (Å²) in [5.41, 5.74) is 2.79. The number of nitrogens with zero attached hydrogens (tertiary/aromatic N) is 1. The number of pyridine rings is 1. The predicted octanol–water partition coefficient (Wildman–Crippen LogP) is 2.74. The van der Waals surface area contributed by atoms with Gasteiger partial charge in [0.15, 0.2) is 0 Å². The van der Waals surface area contributed by atoms with Crippen molar-refractivity contribution in [3.63, 3.8) is 0 Å². The molecule has 0 saturated heterocycles. The molecule has 1 amide bonds. The number of carbonyl (C=O) groups is 1. The predicted molar refractivity (Wildman–Crippen MR) is 77.4 cm³/mol. The lowest BCUT2D eigenvalue weighted by atomic mass is 10.0. The highest BCUT2D eigenvalue weighted by molar-refractivity contribution is 5.99. The van der Waals surface area contributed by atoms with Crippen LogP contribution in [0.5, 0.6) is 0 Å². The van der Waals surface area contributed by atoms with Crippen molar-refractivity contribution in [1.29, 1.82) is 0 Å². The number of aryl methyl sites for hydroxylation is 1. The maximum absolute atomic E-state index is 12.3. The topological polar surface area (TPSA) is 54.0 Å². The van der Waals surface area contributed by atoms with E-state index in [1.54, 1.807) is 6.20 Å². The fourth-order valence-corrected chi connectivity index (χ4v) is 2.27. The third-order valence-electron chi connectivity index (χ3n) is 3.98. The van der Waals surface area contributed by atoms with Gasteiger partial charge in [-0.25, -0.2) is 0 Å². The average Bonchev–Trinajstić information content (AvgIpc) is 3.17. The molecule has 1 aromatic heterocycles. The Morgan fingerprint density at radius 3 is 2.74 bits per heavy atom. The number of amides is 1. The summed E-state index contributed by atoms with van der Waals surface area (Å²) in [5, 5.41) is 6.28. The van der Waals surface area contributed by atoms with Crippen LogP contribution in [0.15, 0.2) is 12.3 Å². The van der Waals surface area contributed by atoms with Crippen LogP contribution >= 0.6 is 0 Å². The van der Waals surface area contributed by atoms with Crippen LogP contribution in [0.2, 0.25) is 0 Å². The molecular weight excluding hydrogens is 238 g/mol. The van der Waals surface area contributed by atoms with Crippen molar-refractivity contribution in [2.75, 3.05) is 18.4 Å². The molecular formula is C15H23N3O. The zero-order valence-electron chi connectivity index (χ0n) is 12.0. The Labute approximate surface area is 115 Å². The second-order valence-electron chi connectivity index (χ2n) is 5.44. The monoisotopic (exact) mass is 261 g/mol. The number of hydrogen-bond donors (Lipinski definition) is 2. The van der Waals surface area contributed by atoms with Gasteiger partial charge in [-0.05, 0) is 44.6 Å². The molecule has 2 rings (SSSR count). The van der Waals surface area contributed by atoms with E-state index in [1.807, 2.05) is 19.9 Å². The molecule has 4 nitrogen and oxygen atoms in total. The third kappa shape index (κ3) is 3.25. The Hall–Kier alpha value is -1.58. The molecule has 0 atom stereocenters. The van der Waals surface area contributed by atoms with Crippen molar-refractivity contribution >= 4 is 11.6 Å². The highest BCUT2D eigenvalue weighted by Crippen LogP contribution is 2.47. The van der Waals surface area contributed by atoms with Gasteiger partial charge in [0.05, 0.1) is 11.3 Å². The van der Waals surface area contributed by atoms with Gasteiger partial charge in [-0.3, -0.25) is 9.78 Å². The van der Waals surface area contributed by atoms with Gasteiger partial charge in [-0.2, -0.15) is 0 Å². The van der Waals surface area contributed by atoms with Crippen LogP contribution in [0, 0.1) is 12.3 Å². The summed E-state index contributed by atoms with van der Waals surface area (Å²) in [4.78, 5) is 16.5. The molecule has 1 heterocycles. The Morgan fingerprint density at radius 2 is 2.16 bits per heavy atom. The van der Waals surface area contributed by atoms with Crippen LogP contribution in [0.25, 0.3) is 0 Å². The first-order valence-electron chi connectivity index (χ1n) is 7.09. The SMILES string of the molecule is CCNc1cc(C)ncc1C(=O)NCC1(CC)CC1. The normalized spacial score (nSPS) is 15.9. The molecule has 1 fully saturated rings. The van der Waals surface area contributed by atoms with Crippen molar-refractivity contribution in [1.82, 2.24) is 10.3 Å². The third-order valence-corrected chi connectivity index (χ3v) is 3.98. The smallest absolute Gasteiger partial charge is 0.254 e. The fraction of sp³-hybridized carbons (Fsp3) is 0.600. The van der Waals surface area contributed by atoms with Gasteiger partial charge in [0, 0.05) is 25.0 Å². The molecule has 0 spiro atoms. The van der Waals surface area contributed by atoms with Crippen molar-refractivity contribution in [2.45, 2.75) is 40.0 Å². The van der Waals surface area contributed by atoms with E-state index in [1.165, 1.54) is 12.8 Å². The van der Waals surface area contributed by atoms with Crippen LogP contribution < -0.4 is 10.6 Å². The molecule has 19 heavy (non-hydrogen) atoms. The summed E-state index contributed by atoms with van der Waals surface area (Å²) in [6.07, 6.45) is 5.26. The number of carbonyl (C=O) groups excluding carboxylic acids is 1. The highest BCUT2D eigenvalue weighted by atomic mass is 16.1. The zero-order valence-corrected chi connectivity index (χ0v) is 12.0. The summed E-state index contributed by atoms with van der Waals surface area (Å²) in [5.74, 6) is -0.0248. The van der Waals surface area contributed by atoms with E-state index in [0.29, 0.717) is 11.0 Å². The number of aromatic nitrogens is 1. The summed E-state index contributed by atoms with van der Waals surface area (Å²) in [6, 6.07) is 1.92. The van der Waals surface area contributed by atoms with Crippen LogP contribution in [0.3, 0.4) is 0 Å². The maximum Gasteiger partial charge on any atom is 0.254 e. The Bertz CT molecular complexity index is 466. The lowest BCUT2D eigenvalue weighted by molar-refractivity contribution is 0.0945. The summed E-state index contributed by atoms with van der Waals surface area (Å²) in [6.45, 7) is 7.72. The van der Waals surface area contributed by atoms with E-state index < -0.39 is 0 Å². The minimum atomic E-state index is -0.0248. The fourth-order valence-electron chi connectivity index (χ4n) is 2.27. The molecule has 4 heteroatoms. The Morgan fingerprint density at radius 1 is 1.42 bits per heavy atom. The summed E-state index contributed by atoms with van der Waals surface area (Å²) >= 11 is 0. The van der Waals surface area contributed by atoms with E-state index in [0.717, 1.165) is 30.9 Å². The summed E-state index contributed by atoms with van der Waals surface area (Å²) < 4.78 is 0. The van der Waals surface area contributed by atoms with Crippen LogP contribution in [-0.2, 0) is 0 Å². The lowest BCUT2D eigenvalue weighted by Gasteiger charge is -2.15. The summed E-state index contributed by atoms with van der Waals surface area (Å²) in [7, 11) is 0. The first-order chi connectivity index (χ1) is 9.10. The van der Waals surface area contributed by atoms with Gasteiger partial charge in [-0.15, -0.1) is 0 Å². The second-order valence-corrected chi connectivity index (χ2v) is 5.44. The molecule has 1 aliphatic carbocycles. The average molecular weight is 261 g/mol. The number of nitrogens with one attached hydrogen (secondary N) is 2. The second kappa shape index (κ2) is 5.59. The highest BCUT2D eigenvalue weighted by Gasteiger charge is 2.40. The van der Waals surface area contributed by atoms with E-state index in [4.69, 9.17) is 0 Å². The standard InChI is InChI=1S/C15H23N3O/c1-4-15(6-7-15)10-18-14(19)12-9-17-11(3)8-13(12)16-5-2/h8-9H,4-7,10H2,1-3H3,(H,16,17)(H,18,19). The number of hydrogen-bond acceptors (Lipinski definition) is 3. The molecule has 0 aliphatic heterocycles. The minimum Gasteiger partial charge on any atom is -0.385 e. The van der Waals surface area contributed by atoms with E-state index in [2.05, 4.69) is 22.5 Å². The Balaban J connectivity index is 2.05. The van der Waals surface area contributed by atoms with E-state index >= 15 is 0 Å². The minimum absolute atomic E-state index is 0.0248. The van der Waals surface area contributed by atoms with Crippen molar-refractivity contribution in [2.24, 2.45) is 5.41 Å². The number of rotatable bonds is 6. The van der Waals surface area contributed by atoms with Gasteiger partial charge in [0.2, 0.25) is 0 Å². The molecule has 0 aromatic carbocycles. The first kappa shape index (κ1) is 13.8. The molecule has 0 bridgehead atoms. The quantitative estimate of drug-likeness (QED) is 0.828. The van der Waals surface area contributed by atoms with E-state index in [-0.39, 0.29) is 5.91 Å². The zero-order chi connectivity index (χ0) is 13.9. The van der Waals surface area contributed by atoms with Crippen LogP contribution in [0.4, 0.5) is 5.69 Å². The van der Waals surface area contributed by atoms with Crippen LogP contribution in [-0.4, -0.2) is 24.0 Å². The van der Waals surface area contributed by atoms with Gasteiger partial charge in [0.1, 0.15) is 0 Å². The van der Waals surface area contributed by atoms with Crippen LogP contribution in [0.1, 0.15) is 49.2 Å². The molecule has 2 N–H and O–H groups in total. The van der Waals surface area contributed by atoms with Crippen molar-refractivity contribution in [3.8, 4) is 0 Å². The van der Waals surface area contributed by atoms with Crippen molar-refractivity contribution in [3.05, 3.63) is 23.5 Å². The van der Waals surface area contributed by atoms with Gasteiger partial charge in [0.25, 0.3) is 5.91 Å². The van der Waals surface area contributed by atoms with Crippen molar-refractivity contribution < 1.29 is 4.79 Å². The molecule has 104 valence electrons. The number of anilines is 1. The molecule has 1 aromatic rings. The van der Waals surface area contributed by atoms with Gasteiger partial charge >= 0.3 is 0 Å². The van der Waals surface area contributed by atoms with E-state index in [9.17, 15) is 4.79 Å². The molecule has 1 saturated carbocycles. The van der Waals surface area contributed by atoms with Gasteiger partial charge in [-0.1, -0.05) is 6.92 Å². The molecule has 0 unspecified atom stereocenters.